The van der Waals surface area contributed by atoms with Gasteiger partial charge in [0.05, 0.1) is 6.61 Å². The van der Waals surface area contributed by atoms with E-state index in [2.05, 4.69) is 39.8 Å². The largest absolute Gasteiger partial charge is 0.403 e. The van der Waals surface area contributed by atoms with Gasteiger partial charge in [-0.1, -0.05) is 58.0 Å². The molecule has 0 amide bonds. The molecule has 114 valence electrons. The molecule has 1 aromatic rings. The molecule has 0 unspecified atom stereocenters. The van der Waals surface area contributed by atoms with Crippen LogP contribution in [0.4, 0.5) is 0 Å². The van der Waals surface area contributed by atoms with Crippen LogP contribution >= 0.6 is 11.1 Å². The number of rotatable bonds is 9. The Hall–Kier alpha value is -0.353. The minimum Gasteiger partial charge on any atom is -0.403 e. The third-order valence-corrected chi connectivity index (χ3v) is 10.2. The molecular weight excluding hydrogens is 288 g/mol. The molecule has 0 aliphatic rings. The molecule has 0 aliphatic heterocycles. The molecule has 0 radical (unpaired) electrons. The second-order valence-corrected chi connectivity index (χ2v) is 11.5. The number of hydrogen-bond donors (Lipinski definition) is 0. The van der Waals surface area contributed by atoms with E-state index < -0.39 is 7.63 Å². The molecule has 0 fully saturated rings. The van der Waals surface area contributed by atoms with Gasteiger partial charge in [-0.05, 0) is 23.1 Å². The molecule has 0 atom stereocenters. The van der Waals surface area contributed by atoms with E-state index >= 15 is 0 Å². The summed E-state index contributed by atoms with van der Waals surface area (Å²) in [5.41, 5.74) is 2.06. The van der Waals surface area contributed by atoms with Crippen molar-refractivity contribution in [1.82, 2.24) is 0 Å². The maximum atomic E-state index is 6.69. The predicted octanol–water partition coefficient (Wildman–Crippen LogP) is 5.11. The quantitative estimate of drug-likeness (QED) is 0.358. The zero-order valence-corrected chi connectivity index (χ0v) is 14.8. The van der Waals surface area contributed by atoms with E-state index in [-0.39, 0.29) is 0 Å². The first-order chi connectivity index (χ1) is 9.47. The first-order valence-corrected chi connectivity index (χ1v) is 10.5. The van der Waals surface area contributed by atoms with Crippen LogP contribution in [0.3, 0.4) is 0 Å². The molecule has 1 aromatic carbocycles. The third-order valence-electron chi connectivity index (χ3n) is 3.44. The Bertz CT molecular complexity index is 360. The van der Waals surface area contributed by atoms with Crippen LogP contribution in [0.2, 0.25) is 11.1 Å². The lowest BCUT2D eigenvalue weighted by Gasteiger charge is -2.32. The minimum atomic E-state index is -2.11. The Labute approximate surface area is 129 Å². The molecule has 0 heterocycles. The van der Waals surface area contributed by atoms with Crippen molar-refractivity contribution in [2.45, 2.75) is 51.8 Å². The van der Waals surface area contributed by atoms with Gasteiger partial charge >= 0.3 is 0 Å². The highest BCUT2D eigenvalue weighted by Crippen LogP contribution is 2.36. The molecular formula is C16H27ClO2Si. The smallest absolute Gasteiger partial charge is 0.295 e. The zero-order chi connectivity index (χ0) is 15.0. The van der Waals surface area contributed by atoms with E-state index in [0.717, 1.165) is 6.42 Å². The highest BCUT2D eigenvalue weighted by atomic mass is 35.6. The average molecular weight is 315 g/mol. The number of ether oxygens (including phenoxy) is 1. The van der Waals surface area contributed by atoms with Crippen LogP contribution in [-0.2, 0) is 15.8 Å². The highest BCUT2D eigenvalue weighted by Gasteiger charge is 2.40. The highest BCUT2D eigenvalue weighted by molar-refractivity contribution is 7.18. The van der Waals surface area contributed by atoms with Crippen molar-refractivity contribution in [3.63, 3.8) is 0 Å². The van der Waals surface area contributed by atoms with E-state index in [1.165, 1.54) is 5.56 Å². The number of benzene rings is 1. The van der Waals surface area contributed by atoms with Gasteiger partial charge in [-0.3, -0.25) is 0 Å². The predicted molar refractivity (Wildman–Crippen MR) is 88.5 cm³/mol. The Kier molecular flexibility index (Phi) is 7.81. The second-order valence-electron chi connectivity index (χ2n) is 5.75. The summed E-state index contributed by atoms with van der Waals surface area (Å²) in [7, 11) is -2.11. The van der Waals surface area contributed by atoms with Crippen molar-refractivity contribution >= 4 is 18.7 Å². The average Bonchev–Trinajstić information content (AvgIpc) is 2.43. The van der Waals surface area contributed by atoms with Crippen molar-refractivity contribution in [3.05, 3.63) is 35.9 Å². The lowest BCUT2D eigenvalue weighted by molar-refractivity contribution is 0.106. The molecule has 1 rings (SSSR count). The van der Waals surface area contributed by atoms with Crippen LogP contribution in [-0.4, -0.2) is 20.8 Å². The van der Waals surface area contributed by atoms with E-state index in [1.807, 2.05) is 18.2 Å². The van der Waals surface area contributed by atoms with Gasteiger partial charge in [0.15, 0.2) is 0 Å². The maximum Gasteiger partial charge on any atom is 0.295 e. The normalized spacial score (nSPS) is 12.3. The van der Waals surface area contributed by atoms with Gasteiger partial charge in [-0.15, -0.1) is 11.1 Å². The fourth-order valence-corrected chi connectivity index (χ4v) is 4.84. The van der Waals surface area contributed by atoms with Gasteiger partial charge < -0.3 is 9.16 Å². The van der Waals surface area contributed by atoms with Crippen LogP contribution in [0, 0.1) is 0 Å². The second kappa shape index (κ2) is 8.83. The Morgan fingerprint density at radius 3 is 2.15 bits per heavy atom. The summed E-state index contributed by atoms with van der Waals surface area (Å²) in [6, 6.07) is 10.2. The van der Waals surface area contributed by atoms with Gasteiger partial charge in [-0.25, -0.2) is 0 Å². The van der Waals surface area contributed by atoms with Crippen LogP contribution in [0.15, 0.2) is 30.3 Å². The standard InChI is InChI=1S/C16H27ClO2Si/c1-14(2)20(17,15(3)4)19-12-8-11-18-13-16-9-6-5-7-10-16/h5-7,9-10,14-15H,8,11-13H2,1-4H3. The van der Waals surface area contributed by atoms with Crippen molar-refractivity contribution in [3.8, 4) is 0 Å². The Morgan fingerprint density at radius 1 is 1.00 bits per heavy atom. The van der Waals surface area contributed by atoms with Gasteiger partial charge in [0.1, 0.15) is 0 Å². The summed E-state index contributed by atoms with van der Waals surface area (Å²) >= 11 is 6.69. The Balaban J connectivity index is 2.18. The molecule has 0 saturated heterocycles. The molecule has 0 bridgehead atoms. The third kappa shape index (κ3) is 5.56. The van der Waals surface area contributed by atoms with Crippen molar-refractivity contribution in [1.29, 1.82) is 0 Å². The van der Waals surface area contributed by atoms with Gasteiger partial charge in [-0.2, -0.15) is 0 Å². The van der Waals surface area contributed by atoms with Crippen molar-refractivity contribution in [2.75, 3.05) is 13.2 Å². The first kappa shape index (κ1) is 17.7. The number of halogens is 1. The monoisotopic (exact) mass is 314 g/mol. The molecule has 2 nitrogen and oxygen atoms in total. The van der Waals surface area contributed by atoms with Crippen LogP contribution in [0.1, 0.15) is 39.7 Å². The summed E-state index contributed by atoms with van der Waals surface area (Å²) in [5.74, 6) is 0. The van der Waals surface area contributed by atoms with E-state index in [4.69, 9.17) is 20.2 Å². The minimum absolute atomic E-state index is 0.425. The fourth-order valence-electron chi connectivity index (χ4n) is 2.15. The molecule has 0 saturated carbocycles. The molecule has 0 N–H and O–H groups in total. The summed E-state index contributed by atoms with van der Waals surface area (Å²) in [4.78, 5) is 0. The zero-order valence-electron chi connectivity index (χ0n) is 13.1. The lowest BCUT2D eigenvalue weighted by atomic mass is 10.2. The molecule has 0 aliphatic carbocycles. The van der Waals surface area contributed by atoms with E-state index in [0.29, 0.717) is 30.9 Å². The fraction of sp³-hybridized carbons (Fsp3) is 0.625. The van der Waals surface area contributed by atoms with Gasteiger partial charge in [0.2, 0.25) is 0 Å². The van der Waals surface area contributed by atoms with Crippen LogP contribution in [0.25, 0.3) is 0 Å². The van der Waals surface area contributed by atoms with E-state index in [1.54, 1.807) is 0 Å². The molecule has 20 heavy (non-hydrogen) atoms. The van der Waals surface area contributed by atoms with Crippen molar-refractivity contribution < 1.29 is 9.16 Å². The van der Waals surface area contributed by atoms with Gasteiger partial charge in [0, 0.05) is 13.2 Å². The molecule has 0 aromatic heterocycles. The summed E-state index contributed by atoms with van der Waals surface area (Å²) in [5, 5.41) is 0. The molecule has 4 heteroatoms. The van der Waals surface area contributed by atoms with Crippen LogP contribution in [0.5, 0.6) is 0 Å². The summed E-state index contributed by atoms with van der Waals surface area (Å²) in [6.07, 6.45) is 0.897. The summed E-state index contributed by atoms with van der Waals surface area (Å²) < 4.78 is 11.7. The van der Waals surface area contributed by atoms with Crippen LogP contribution < -0.4 is 0 Å². The SMILES string of the molecule is CC(C)[Si](Cl)(OCCCOCc1ccccc1)C(C)C. The maximum absolute atomic E-state index is 6.69. The lowest BCUT2D eigenvalue weighted by Crippen LogP contribution is -2.39. The van der Waals surface area contributed by atoms with Crippen molar-refractivity contribution in [2.24, 2.45) is 0 Å². The number of hydrogen-bond acceptors (Lipinski definition) is 2. The first-order valence-electron chi connectivity index (χ1n) is 7.41. The summed E-state index contributed by atoms with van der Waals surface area (Å²) in [6.45, 7) is 10.7. The van der Waals surface area contributed by atoms with E-state index in [9.17, 15) is 0 Å². The Morgan fingerprint density at radius 2 is 1.60 bits per heavy atom. The molecule has 0 spiro atoms. The van der Waals surface area contributed by atoms with Gasteiger partial charge in [0.25, 0.3) is 7.63 Å². The topological polar surface area (TPSA) is 18.5 Å².